The fraction of sp³-hybridized carbons (Fsp3) is 0.500. The van der Waals surface area contributed by atoms with Gasteiger partial charge in [0.15, 0.2) is 0 Å². The SMILES string of the molecule is CSCCCCN1C(=O)CNC1c1cccc(F)c1. The van der Waals surface area contributed by atoms with Crippen molar-refractivity contribution in [1.82, 2.24) is 10.2 Å². The molecule has 1 aliphatic rings. The molecule has 1 fully saturated rings. The number of carbonyl (C=O) groups is 1. The Labute approximate surface area is 117 Å². The average molecular weight is 282 g/mol. The number of rotatable bonds is 6. The molecule has 0 saturated carbocycles. The second kappa shape index (κ2) is 6.91. The summed E-state index contributed by atoms with van der Waals surface area (Å²) < 4.78 is 13.3. The lowest BCUT2D eigenvalue weighted by Crippen LogP contribution is -2.31. The number of nitrogens with zero attached hydrogens (tertiary/aromatic N) is 1. The van der Waals surface area contributed by atoms with E-state index in [1.165, 1.54) is 12.1 Å². The van der Waals surface area contributed by atoms with Crippen molar-refractivity contribution in [3.63, 3.8) is 0 Å². The summed E-state index contributed by atoms with van der Waals surface area (Å²) in [4.78, 5) is 13.7. The van der Waals surface area contributed by atoms with Gasteiger partial charge in [-0.1, -0.05) is 12.1 Å². The van der Waals surface area contributed by atoms with Crippen molar-refractivity contribution >= 4 is 17.7 Å². The molecule has 1 aliphatic heterocycles. The molecule has 0 spiro atoms. The second-order valence-corrected chi connectivity index (χ2v) is 5.61. The van der Waals surface area contributed by atoms with Crippen molar-refractivity contribution in [3.8, 4) is 0 Å². The molecule has 19 heavy (non-hydrogen) atoms. The first kappa shape index (κ1) is 14.3. The number of amides is 1. The number of nitrogens with one attached hydrogen (secondary N) is 1. The van der Waals surface area contributed by atoms with Crippen LogP contribution in [0.2, 0.25) is 0 Å². The van der Waals surface area contributed by atoms with Gasteiger partial charge in [0.1, 0.15) is 12.0 Å². The van der Waals surface area contributed by atoms with E-state index in [0.717, 1.165) is 30.7 Å². The highest BCUT2D eigenvalue weighted by Gasteiger charge is 2.30. The third kappa shape index (κ3) is 3.70. The average Bonchev–Trinajstić information content (AvgIpc) is 2.76. The fourth-order valence-electron chi connectivity index (χ4n) is 2.30. The highest BCUT2D eigenvalue weighted by Crippen LogP contribution is 2.23. The Kier molecular flexibility index (Phi) is 5.22. The van der Waals surface area contributed by atoms with Crippen LogP contribution >= 0.6 is 11.8 Å². The molecule has 2 rings (SSSR count). The molecule has 1 aromatic rings. The van der Waals surface area contributed by atoms with E-state index in [1.807, 2.05) is 22.7 Å². The van der Waals surface area contributed by atoms with Crippen molar-refractivity contribution in [2.24, 2.45) is 0 Å². The van der Waals surface area contributed by atoms with Gasteiger partial charge in [-0.05, 0) is 42.5 Å². The molecule has 104 valence electrons. The van der Waals surface area contributed by atoms with Crippen LogP contribution < -0.4 is 5.32 Å². The normalized spacial score (nSPS) is 19.2. The van der Waals surface area contributed by atoms with Gasteiger partial charge >= 0.3 is 0 Å². The predicted octanol–water partition coefficient (Wildman–Crippen LogP) is 2.40. The maximum absolute atomic E-state index is 13.3. The van der Waals surface area contributed by atoms with E-state index < -0.39 is 0 Å². The Hall–Kier alpha value is -1.07. The third-order valence-electron chi connectivity index (χ3n) is 3.24. The second-order valence-electron chi connectivity index (χ2n) is 4.63. The zero-order valence-corrected chi connectivity index (χ0v) is 11.9. The molecular formula is C14H19FN2OS. The number of hydrogen-bond acceptors (Lipinski definition) is 3. The molecule has 1 N–H and O–H groups in total. The predicted molar refractivity (Wildman–Crippen MR) is 76.5 cm³/mol. The van der Waals surface area contributed by atoms with Crippen LogP contribution in [-0.4, -0.2) is 35.9 Å². The minimum absolute atomic E-state index is 0.0958. The molecule has 0 aromatic heterocycles. The minimum atomic E-state index is -0.263. The summed E-state index contributed by atoms with van der Waals surface area (Å²) in [5.41, 5.74) is 0.815. The zero-order valence-electron chi connectivity index (χ0n) is 11.1. The van der Waals surface area contributed by atoms with Crippen LogP contribution in [0.1, 0.15) is 24.6 Å². The number of thioether (sulfide) groups is 1. The first-order chi connectivity index (χ1) is 9.22. The minimum Gasteiger partial charge on any atom is -0.322 e. The molecule has 1 heterocycles. The Morgan fingerprint density at radius 1 is 1.47 bits per heavy atom. The molecule has 1 atom stereocenters. The molecule has 1 amide bonds. The van der Waals surface area contributed by atoms with E-state index in [2.05, 4.69) is 11.6 Å². The summed E-state index contributed by atoms with van der Waals surface area (Å²) >= 11 is 1.82. The molecule has 3 nitrogen and oxygen atoms in total. The van der Waals surface area contributed by atoms with Gasteiger partial charge < -0.3 is 4.90 Å². The zero-order chi connectivity index (χ0) is 13.7. The lowest BCUT2D eigenvalue weighted by atomic mass is 10.1. The van der Waals surface area contributed by atoms with Crippen molar-refractivity contribution in [2.75, 3.05) is 25.1 Å². The van der Waals surface area contributed by atoms with E-state index in [9.17, 15) is 9.18 Å². The quantitative estimate of drug-likeness (QED) is 0.813. The van der Waals surface area contributed by atoms with Gasteiger partial charge in [0.05, 0.1) is 6.54 Å². The lowest BCUT2D eigenvalue weighted by molar-refractivity contribution is -0.128. The third-order valence-corrected chi connectivity index (χ3v) is 3.94. The molecule has 0 bridgehead atoms. The number of unbranched alkanes of at least 4 members (excludes halogenated alkanes) is 1. The summed E-state index contributed by atoms with van der Waals surface area (Å²) in [7, 11) is 0. The molecule has 1 unspecified atom stereocenters. The van der Waals surface area contributed by atoms with Gasteiger partial charge in [0.2, 0.25) is 5.91 Å². The summed E-state index contributed by atoms with van der Waals surface area (Å²) in [5, 5.41) is 3.15. The van der Waals surface area contributed by atoms with Gasteiger partial charge in [-0.25, -0.2) is 4.39 Å². The van der Waals surface area contributed by atoms with E-state index in [1.54, 1.807) is 6.07 Å². The van der Waals surface area contributed by atoms with E-state index >= 15 is 0 Å². The van der Waals surface area contributed by atoms with Crippen molar-refractivity contribution in [1.29, 1.82) is 0 Å². The molecular weight excluding hydrogens is 263 g/mol. The van der Waals surface area contributed by atoms with Crippen molar-refractivity contribution in [3.05, 3.63) is 35.6 Å². The highest BCUT2D eigenvalue weighted by atomic mass is 32.2. The number of halogens is 1. The maximum Gasteiger partial charge on any atom is 0.238 e. The number of carbonyl (C=O) groups excluding carboxylic acids is 1. The molecule has 0 aliphatic carbocycles. The highest BCUT2D eigenvalue weighted by molar-refractivity contribution is 7.98. The van der Waals surface area contributed by atoms with Crippen LogP contribution in [0.5, 0.6) is 0 Å². The van der Waals surface area contributed by atoms with E-state index in [4.69, 9.17) is 0 Å². The van der Waals surface area contributed by atoms with Gasteiger partial charge in [0, 0.05) is 6.54 Å². The van der Waals surface area contributed by atoms with Gasteiger partial charge in [-0.15, -0.1) is 0 Å². The first-order valence-electron chi connectivity index (χ1n) is 6.49. The summed E-state index contributed by atoms with van der Waals surface area (Å²) in [6.07, 6.45) is 3.98. The summed E-state index contributed by atoms with van der Waals surface area (Å²) in [6.45, 7) is 1.07. The number of hydrogen-bond donors (Lipinski definition) is 1. The van der Waals surface area contributed by atoms with Crippen LogP contribution in [-0.2, 0) is 4.79 Å². The van der Waals surface area contributed by atoms with Gasteiger partial charge in [0.25, 0.3) is 0 Å². The first-order valence-corrected chi connectivity index (χ1v) is 7.89. The monoisotopic (exact) mass is 282 g/mol. The Balaban J connectivity index is 2.00. The van der Waals surface area contributed by atoms with Crippen LogP contribution in [0.25, 0.3) is 0 Å². The van der Waals surface area contributed by atoms with Gasteiger partial charge in [-0.3, -0.25) is 10.1 Å². The smallest absolute Gasteiger partial charge is 0.238 e. The Morgan fingerprint density at radius 3 is 3.05 bits per heavy atom. The lowest BCUT2D eigenvalue weighted by Gasteiger charge is -2.24. The standard InChI is InChI=1S/C14H19FN2OS/c1-19-8-3-2-7-17-13(18)10-16-14(17)11-5-4-6-12(15)9-11/h4-6,9,14,16H,2-3,7-8,10H2,1H3. The van der Waals surface area contributed by atoms with Crippen LogP contribution in [0.3, 0.4) is 0 Å². The van der Waals surface area contributed by atoms with Crippen LogP contribution in [0.4, 0.5) is 4.39 Å². The fourth-order valence-corrected chi connectivity index (χ4v) is 2.79. The summed E-state index contributed by atoms with van der Waals surface area (Å²) in [5.74, 6) is 0.944. The number of benzene rings is 1. The van der Waals surface area contributed by atoms with Crippen molar-refractivity contribution < 1.29 is 9.18 Å². The van der Waals surface area contributed by atoms with Gasteiger partial charge in [-0.2, -0.15) is 11.8 Å². The molecule has 0 radical (unpaired) electrons. The van der Waals surface area contributed by atoms with Crippen molar-refractivity contribution in [2.45, 2.75) is 19.0 Å². The van der Waals surface area contributed by atoms with Crippen LogP contribution in [0.15, 0.2) is 24.3 Å². The molecule has 1 aromatic carbocycles. The largest absolute Gasteiger partial charge is 0.322 e. The van der Waals surface area contributed by atoms with Crippen LogP contribution in [0, 0.1) is 5.82 Å². The topological polar surface area (TPSA) is 32.3 Å². The Bertz CT molecular complexity index is 441. The summed E-state index contributed by atoms with van der Waals surface area (Å²) in [6, 6.07) is 6.45. The molecule has 5 heteroatoms. The van der Waals surface area contributed by atoms with E-state index in [-0.39, 0.29) is 17.9 Å². The Morgan fingerprint density at radius 2 is 2.32 bits per heavy atom. The van der Waals surface area contributed by atoms with E-state index in [0.29, 0.717) is 6.54 Å². The maximum atomic E-state index is 13.3. The molecule has 1 saturated heterocycles.